The minimum absolute atomic E-state index is 0.155. The summed E-state index contributed by atoms with van der Waals surface area (Å²) in [6.45, 7) is 3.28. The van der Waals surface area contributed by atoms with Gasteiger partial charge in [-0.15, -0.1) is 6.58 Å². The summed E-state index contributed by atoms with van der Waals surface area (Å²) in [6.07, 6.45) is 2.50. The van der Waals surface area contributed by atoms with Gasteiger partial charge in [-0.05, 0) is 30.3 Å². The van der Waals surface area contributed by atoms with Crippen LogP contribution in [0.5, 0.6) is 0 Å². The van der Waals surface area contributed by atoms with Gasteiger partial charge >= 0.3 is 0 Å². The maximum atomic E-state index is 12.6. The first-order valence-corrected chi connectivity index (χ1v) is 10.9. The lowest BCUT2D eigenvalue weighted by atomic mass is 10.1. The van der Waals surface area contributed by atoms with E-state index in [1.54, 1.807) is 24.3 Å². The molecule has 0 atom stereocenters. The van der Waals surface area contributed by atoms with Crippen molar-refractivity contribution in [3.05, 3.63) is 70.7 Å². The quantitative estimate of drug-likeness (QED) is 0.596. The summed E-state index contributed by atoms with van der Waals surface area (Å²) in [5, 5.41) is 5.61. The van der Waals surface area contributed by atoms with E-state index in [4.69, 9.17) is 23.2 Å². The van der Waals surface area contributed by atoms with Gasteiger partial charge in [-0.25, -0.2) is 8.42 Å². The molecule has 29 heavy (non-hydrogen) atoms. The van der Waals surface area contributed by atoms with Crippen molar-refractivity contribution in [1.29, 1.82) is 0 Å². The highest BCUT2D eigenvalue weighted by atomic mass is 35.5. The predicted octanol–water partition coefficient (Wildman–Crippen LogP) is 3.31. The molecular formula is C19H19Cl2N3O4S. The average molecular weight is 456 g/mol. The van der Waals surface area contributed by atoms with Crippen LogP contribution in [-0.2, 0) is 14.8 Å². The SMILES string of the molecule is C=CCNC(=O)c1ccccc1NC(=O)CN(c1ccc(Cl)c(Cl)c1)S(C)(=O)=O. The number of halogens is 2. The number of hydrogen-bond acceptors (Lipinski definition) is 4. The fourth-order valence-electron chi connectivity index (χ4n) is 2.41. The maximum Gasteiger partial charge on any atom is 0.253 e. The second-order valence-electron chi connectivity index (χ2n) is 5.96. The van der Waals surface area contributed by atoms with E-state index in [1.165, 1.54) is 24.3 Å². The number of nitrogens with zero attached hydrogens (tertiary/aromatic N) is 1. The first-order chi connectivity index (χ1) is 13.6. The van der Waals surface area contributed by atoms with Crippen LogP contribution in [-0.4, -0.2) is 39.6 Å². The average Bonchev–Trinajstić information content (AvgIpc) is 2.66. The molecule has 2 aromatic rings. The Balaban J connectivity index is 2.25. The van der Waals surface area contributed by atoms with Gasteiger partial charge in [-0.2, -0.15) is 0 Å². The van der Waals surface area contributed by atoms with Gasteiger partial charge in [-0.1, -0.05) is 41.4 Å². The number of nitrogens with one attached hydrogen (secondary N) is 2. The highest BCUT2D eigenvalue weighted by molar-refractivity contribution is 7.92. The van der Waals surface area contributed by atoms with Crippen LogP contribution in [0, 0.1) is 0 Å². The minimum Gasteiger partial charge on any atom is -0.349 e. The number of anilines is 2. The van der Waals surface area contributed by atoms with Crippen molar-refractivity contribution in [3.8, 4) is 0 Å². The number of rotatable bonds is 8. The lowest BCUT2D eigenvalue weighted by molar-refractivity contribution is -0.114. The molecule has 2 amide bonds. The molecular weight excluding hydrogens is 437 g/mol. The largest absolute Gasteiger partial charge is 0.349 e. The second kappa shape index (κ2) is 9.78. The lowest BCUT2D eigenvalue weighted by Crippen LogP contribution is -2.37. The molecule has 2 aromatic carbocycles. The van der Waals surface area contributed by atoms with E-state index < -0.39 is 28.4 Å². The van der Waals surface area contributed by atoms with Gasteiger partial charge in [0.25, 0.3) is 5.91 Å². The van der Waals surface area contributed by atoms with Crippen LogP contribution >= 0.6 is 23.2 Å². The molecule has 0 saturated carbocycles. The van der Waals surface area contributed by atoms with Crippen LogP contribution in [0.15, 0.2) is 55.1 Å². The Kier molecular flexibility index (Phi) is 7.66. The van der Waals surface area contributed by atoms with Gasteiger partial charge in [0.15, 0.2) is 0 Å². The maximum absolute atomic E-state index is 12.6. The molecule has 2 N–H and O–H groups in total. The normalized spacial score (nSPS) is 10.9. The standard InChI is InChI=1S/C19H19Cl2N3O4S/c1-3-10-22-19(26)14-6-4-5-7-17(14)23-18(25)12-24(29(2,27)28)13-8-9-15(20)16(21)11-13/h3-9,11H,1,10,12H2,2H3,(H,22,26)(H,23,25). The van der Waals surface area contributed by atoms with E-state index in [1.807, 2.05) is 0 Å². The van der Waals surface area contributed by atoms with Crippen LogP contribution in [0.2, 0.25) is 10.0 Å². The fourth-order valence-corrected chi connectivity index (χ4v) is 3.55. The zero-order valence-electron chi connectivity index (χ0n) is 15.5. The summed E-state index contributed by atoms with van der Waals surface area (Å²) in [5.41, 5.74) is 0.679. The number of benzene rings is 2. The van der Waals surface area contributed by atoms with E-state index >= 15 is 0 Å². The molecule has 0 fully saturated rings. The zero-order chi connectivity index (χ0) is 21.6. The lowest BCUT2D eigenvalue weighted by Gasteiger charge is -2.22. The summed E-state index contributed by atoms with van der Waals surface area (Å²) in [7, 11) is -3.79. The number of sulfonamides is 1. The van der Waals surface area contributed by atoms with E-state index in [9.17, 15) is 18.0 Å². The third kappa shape index (κ3) is 6.22. The Morgan fingerprint density at radius 3 is 2.45 bits per heavy atom. The van der Waals surface area contributed by atoms with Gasteiger partial charge in [0.05, 0.1) is 33.2 Å². The van der Waals surface area contributed by atoms with E-state index in [2.05, 4.69) is 17.2 Å². The Morgan fingerprint density at radius 1 is 1.14 bits per heavy atom. The molecule has 0 unspecified atom stereocenters. The number of amides is 2. The Hall–Kier alpha value is -2.55. The fraction of sp³-hybridized carbons (Fsp3) is 0.158. The Labute approximate surface area is 179 Å². The third-order valence-corrected chi connectivity index (χ3v) is 5.61. The molecule has 154 valence electrons. The number of carbonyl (C=O) groups excluding carboxylic acids is 2. The van der Waals surface area contributed by atoms with Crippen molar-refractivity contribution in [1.82, 2.24) is 5.32 Å². The summed E-state index contributed by atoms with van der Waals surface area (Å²) in [5.74, 6) is -1.03. The van der Waals surface area contributed by atoms with E-state index in [0.717, 1.165) is 10.6 Å². The van der Waals surface area contributed by atoms with Gasteiger partial charge in [0.1, 0.15) is 6.54 Å². The van der Waals surface area contributed by atoms with Gasteiger partial charge in [0.2, 0.25) is 15.9 Å². The highest BCUT2D eigenvalue weighted by Crippen LogP contribution is 2.28. The van der Waals surface area contributed by atoms with Gasteiger partial charge in [-0.3, -0.25) is 13.9 Å². The molecule has 0 aliphatic heterocycles. The topological polar surface area (TPSA) is 95.6 Å². The van der Waals surface area contributed by atoms with Crippen molar-refractivity contribution in [2.75, 3.05) is 29.0 Å². The predicted molar refractivity (Wildman–Crippen MR) is 116 cm³/mol. The molecule has 0 aliphatic rings. The number of para-hydroxylation sites is 1. The van der Waals surface area contributed by atoms with Crippen molar-refractivity contribution in [3.63, 3.8) is 0 Å². The van der Waals surface area contributed by atoms with Crippen LogP contribution in [0.4, 0.5) is 11.4 Å². The Bertz CT molecular complexity index is 1040. The molecule has 0 aromatic heterocycles. The second-order valence-corrected chi connectivity index (χ2v) is 8.68. The highest BCUT2D eigenvalue weighted by Gasteiger charge is 2.22. The molecule has 7 nitrogen and oxygen atoms in total. The molecule has 10 heteroatoms. The van der Waals surface area contributed by atoms with Crippen LogP contribution < -0.4 is 14.9 Å². The molecule has 0 saturated heterocycles. The molecule has 0 bridgehead atoms. The zero-order valence-corrected chi connectivity index (χ0v) is 17.8. The monoisotopic (exact) mass is 455 g/mol. The van der Waals surface area contributed by atoms with Crippen LogP contribution in [0.25, 0.3) is 0 Å². The smallest absolute Gasteiger partial charge is 0.253 e. The first-order valence-electron chi connectivity index (χ1n) is 8.34. The van der Waals surface area contributed by atoms with Crippen molar-refractivity contribution >= 4 is 56.4 Å². The third-order valence-electron chi connectivity index (χ3n) is 3.73. The first kappa shape index (κ1) is 22.7. The van der Waals surface area contributed by atoms with Gasteiger partial charge < -0.3 is 10.6 Å². The summed E-state index contributed by atoms with van der Waals surface area (Å²) >= 11 is 11.8. The summed E-state index contributed by atoms with van der Waals surface area (Å²) in [6, 6.07) is 10.6. The van der Waals surface area contributed by atoms with Gasteiger partial charge in [0, 0.05) is 6.54 Å². The number of hydrogen-bond donors (Lipinski definition) is 2. The van der Waals surface area contributed by atoms with Crippen LogP contribution in [0.1, 0.15) is 10.4 Å². The van der Waals surface area contributed by atoms with Crippen LogP contribution in [0.3, 0.4) is 0 Å². The summed E-state index contributed by atoms with van der Waals surface area (Å²) < 4.78 is 25.3. The van der Waals surface area contributed by atoms with E-state index in [0.29, 0.717) is 0 Å². The number of carbonyl (C=O) groups is 2. The molecule has 2 rings (SSSR count). The van der Waals surface area contributed by atoms with Crippen molar-refractivity contribution in [2.45, 2.75) is 0 Å². The molecule has 0 radical (unpaired) electrons. The van der Waals surface area contributed by atoms with E-state index in [-0.39, 0.29) is 33.5 Å². The summed E-state index contributed by atoms with van der Waals surface area (Å²) in [4.78, 5) is 24.8. The van der Waals surface area contributed by atoms with Crippen molar-refractivity contribution in [2.24, 2.45) is 0 Å². The minimum atomic E-state index is -3.79. The Morgan fingerprint density at radius 2 is 1.83 bits per heavy atom. The van der Waals surface area contributed by atoms with Crippen molar-refractivity contribution < 1.29 is 18.0 Å². The molecule has 0 aliphatic carbocycles. The molecule has 0 heterocycles. The molecule has 0 spiro atoms.